The number of aromatic nitrogens is 2. The van der Waals surface area contributed by atoms with E-state index in [0.717, 1.165) is 28.9 Å². The SMILES string of the molecule is Cc1nn(-c2ccc(C(F)(F)F)cc2)c(C(=O)O)c1Cl. The Bertz CT molecular complexity index is 663. The number of carboxylic acids is 1. The summed E-state index contributed by atoms with van der Waals surface area (Å²) in [7, 11) is 0. The average Bonchev–Trinajstić information content (AvgIpc) is 2.65. The van der Waals surface area contributed by atoms with Crippen LogP contribution >= 0.6 is 11.6 Å². The molecule has 0 radical (unpaired) electrons. The van der Waals surface area contributed by atoms with Gasteiger partial charge in [-0.2, -0.15) is 18.3 Å². The molecule has 1 aromatic carbocycles. The predicted octanol–water partition coefficient (Wildman–Crippen LogP) is 3.55. The Morgan fingerprint density at radius 2 is 1.85 bits per heavy atom. The number of rotatable bonds is 2. The first-order chi connectivity index (χ1) is 9.21. The van der Waals surface area contributed by atoms with Gasteiger partial charge in [0.05, 0.1) is 22.0 Å². The van der Waals surface area contributed by atoms with E-state index in [4.69, 9.17) is 16.7 Å². The molecular weight excluding hydrogens is 297 g/mol. The van der Waals surface area contributed by atoms with Crippen LogP contribution in [0.25, 0.3) is 5.69 Å². The first kappa shape index (κ1) is 14.4. The van der Waals surface area contributed by atoms with Crippen LogP contribution < -0.4 is 0 Å². The van der Waals surface area contributed by atoms with E-state index in [1.165, 1.54) is 6.92 Å². The van der Waals surface area contributed by atoms with Gasteiger partial charge in [0.25, 0.3) is 0 Å². The maximum Gasteiger partial charge on any atom is 0.416 e. The van der Waals surface area contributed by atoms with Crippen molar-refractivity contribution in [2.45, 2.75) is 13.1 Å². The Kier molecular flexibility index (Phi) is 3.47. The molecule has 106 valence electrons. The molecular formula is C12H8ClF3N2O2. The molecule has 0 bridgehead atoms. The van der Waals surface area contributed by atoms with Crippen LogP contribution in [0.5, 0.6) is 0 Å². The summed E-state index contributed by atoms with van der Waals surface area (Å²) in [6.07, 6.45) is -4.45. The normalized spacial score (nSPS) is 11.7. The van der Waals surface area contributed by atoms with E-state index in [1.54, 1.807) is 0 Å². The van der Waals surface area contributed by atoms with Crippen molar-refractivity contribution in [1.29, 1.82) is 0 Å². The number of aryl methyl sites for hydroxylation is 1. The smallest absolute Gasteiger partial charge is 0.416 e. The van der Waals surface area contributed by atoms with E-state index in [1.807, 2.05) is 0 Å². The zero-order valence-corrected chi connectivity index (χ0v) is 10.8. The molecule has 0 saturated carbocycles. The highest BCUT2D eigenvalue weighted by atomic mass is 35.5. The third-order valence-electron chi connectivity index (χ3n) is 2.63. The number of nitrogens with zero attached hydrogens (tertiary/aromatic N) is 2. The molecule has 0 aliphatic carbocycles. The number of benzene rings is 1. The molecule has 2 rings (SSSR count). The summed E-state index contributed by atoms with van der Waals surface area (Å²) in [6, 6.07) is 3.98. The summed E-state index contributed by atoms with van der Waals surface area (Å²) in [5, 5.41) is 13.0. The van der Waals surface area contributed by atoms with E-state index < -0.39 is 17.7 Å². The second kappa shape index (κ2) is 4.82. The fourth-order valence-corrected chi connectivity index (χ4v) is 1.87. The van der Waals surface area contributed by atoms with Gasteiger partial charge in [0.1, 0.15) is 0 Å². The maximum atomic E-state index is 12.5. The number of carboxylic acid groups (broad SMARTS) is 1. The van der Waals surface area contributed by atoms with Gasteiger partial charge >= 0.3 is 12.1 Å². The van der Waals surface area contributed by atoms with Crippen LogP contribution in [0.2, 0.25) is 5.02 Å². The van der Waals surface area contributed by atoms with Crippen molar-refractivity contribution in [1.82, 2.24) is 9.78 Å². The molecule has 1 aromatic heterocycles. The Morgan fingerprint density at radius 1 is 1.30 bits per heavy atom. The van der Waals surface area contributed by atoms with Gasteiger partial charge in [-0.25, -0.2) is 9.48 Å². The van der Waals surface area contributed by atoms with E-state index in [2.05, 4.69) is 5.10 Å². The molecule has 0 atom stereocenters. The Morgan fingerprint density at radius 3 is 2.30 bits per heavy atom. The van der Waals surface area contributed by atoms with Crippen molar-refractivity contribution in [2.75, 3.05) is 0 Å². The Hall–Kier alpha value is -2.02. The molecule has 0 saturated heterocycles. The van der Waals surface area contributed by atoms with Crippen molar-refractivity contribution in [2.24, 2.45) is 0 Å². The van der Waals surface area contributed by atoms with E-state index >= 15 is 0 Å². The fraction of sp³-hybridized carbons (Fsp3) is 0.167. The summed E-state index contributed by atoms with van der Waals surface area (Å²) in [5.41, 5.74) is -0.647. The minimum absolute atomic E-state index is 0.0441. The fourth-order valence-electron chi connectivity index (χ4n) is 1.67. The third kappa shape index (κ3) is 2.49. The lowest BCUT2D eigenvalue weighted by atomic mass is 10.2. The number of carbonyl (C=O) groups is 1. The first-order valence-corrected chi connectivity index (χ1v) is 5.75. The minimum Gasteiger partial charge on any atom is -0.476 e. The van der Waals surface area contributed by atoms with Gasteiger partial charge in [0.2, 0.25) is 0 Å². The number of alkyl halides is 3. The zero-order chi connectivity index (χ0) is 15.1. The molecule has 1 heterocycles. The van der Waals surface area contributed by atoms with Crippen LogP contribution in [-0.4, -0.2) is 20.9 Å². The minimum atomic E-state index is -4.45. The number of hydrogen-bond donors (Lipinski definition) is 1. The summed E-state index contributed by atoms with van der Waals surface area (Å²) in [4.78, 5) is 11.1. The lowest BCUT2D eigenvalue weighted by Crippen LogP contribution is -2.09. The Balaban J connectivity index is 2.53. The van der Waals surface area contributed by atoms with Gasteiger partial charge in [-0.15, -0.1) is 0 Å². The monoisotopic (exact) mass is 304 g/mol. The molecule has 0 fully saturated rings. The predicted molar refractivity (Wildman–Crippen MR) is 65.3 cm³/mol. The number of hydrogen-bond acceptors (Lipinski definition) is 2. The second-order valence-corrected chi connectivity index (χ2v) is 4.39. The topological polar surface area (TPSA) is 55.1 Å². The van der Waals surface area contributed by atoms with Crippen molar-refractivity contribution in [3.8, 4) is 5.69 Å². The molecule has 4 nitrogen and oxygen atoms in total. The van der Waals surface area contributed by atoms with Crippen LogP contribution in [0.4, 0.5) is 13.2 Å². The summed E-state index contributed by atoms with van der Waals surface area (Å²) >= 11 is 5.82. The molecule has 0 amide bonds. The highest BCUT2D eigenvalue weighted by molar-refractivity contribution is 6.34. The van der Waals surface area contributed by atoms with Crippen molar-refractivity contribution in [3.05, 3.63) is 46.2 Å². The molecule has 2 aromatic rings. The van der Waals surface area contributed by atoms with Crippen molar-refractivity contribution < 1.29 is 23.1 Å². The van der Waals surface area contributed by atoms with E-state index in [-0.39, 0.29) is 22.1 Å². The molecule has 0 spiro atoms. The zero-order valence-electron chi connectivity index (χ0n) is 10.1. The Labute approximate surface area is 116 Å². The van der Waals surface area contributed by atoms with Gasteiger partial charge in [-0.1, -0.05) is 11.6 Å². The molecule has 0 aliphatic rings. The molecule has 0 aliphatic heterocycles. The highest BCUT2D eigenvalue weighted by Gasteiger charge is 2.30. The standard InChI is InChI=1S/C12H8ClF3N2O2/c1-6-9(13)10(11(19)20)18(17-6)8-4-2-7(3-5-8)12(14,15)16/h2-5H,1H3,(H,19,20). The number of halogens is 4. The quantitative estimate of drug-likeness (QED) is 0.923. The van der Waals surface area contributed by atoms with Crippen molar-refractivity contribution >= 4 is 17.6 Å². The first-order valence-electron chi connectivity index (χ1n) is 5.38. The van der Waals surface area contributed by atoms with Gasteiger partial charge in [0.15, 0.2) is 5.69 Å². The summed E-state index contributed by atoms with van der Waals surface area (Å²) in [5.74, 6) is -1.31. The van der Waals surface area contributed by atoms with E-state index in [0.29, 0.717) is 0 Å². The number of aromatic carboxylic acids is 1. The lowest BCUT2D eigenvalue weighted by molar-refractivity contribution is -0.137. The summed E-state index contributed by atoms with van der Waals surface area (Å²) in [6.45, 7) is 1.51. The van der Waals surface area contributed by atoms with Crippen LogP contribution in [0.3, 0.4) is 0 Å². The maximum absolute atomic E-state index is 12.5. The second-order valence-electron chi connectivity index (χ2n) is 4.01. The molecule has 1 N–H and O–H groups in total. The van der Waals surface area contributed by atoms with Crippen LogP contribution in [0.1, 0.15) is 21.7 Å². The molecule has 20 heavy (non-hydrogen) atoms. The van der Waals surface area contributed by atoms with Gasteiger partial charge in [-0.3, -0.25) is 0 Å². The van der Waals surface area contributed by atoms with E-state index in [9.17, 15) is 18.0 Å². The average molecular weight is 305 g/mol. The largest absolute Gasteiger partial charge is 0.476 e. The van der Waals surface area contributed by atoms with Crippen LogP contribution in [0, 0.1) is 6.92 Å². The highest BCUT2D eigenvalue weighted by Crippen LogP contribution is 2.30. The van der Waals surface area contributed by atoms with Gasteiger partial charge in [0, 0.05) is 0 Å². The van der Waals surface area contributed by atoms with Gasteiger partial charge < -0.3 is 5.11 Å². The lowest BCUT2D eigenvalue weighted by Gasteiger charge is -2.08. The molecule has 0 unspecified atom stereocenters. The van der Waals surface area contributed by atoms with Gasteiger partial charge in [-0.05, 0) is 31.2 Å². The summed E-state index contributed by atoms with van der Waals surface area (Å²) < 4.78 is 38.4. The molecule has 8 heteroatoms. The van der Waals surface area contributed by atoms with Crippen LogP contribution in [-0.2, 0) is 6.18 Å². The van der Waals surface area contributed by atoms with Crippen molar-refractivity contribution in [3.63, 3.8) is 0 Å². The van der Waals surface area contributed by atoms with Crippen LogP contribution in [0.15, 0.2) is 24.3 Å². The third-order valence-corrected chi connectivity index (χ3v) is 3.08.